The molecule has 0 bridgehead atoms. The van der Waals surface area contributed by atoms with E-state index >= 15 is 0 Å². The van der Waals surface area contributed by atoms with Crippen LogP contribution in [0, 0.1) is 0 Å². The summed E-state index contributed by atoms with van der Waals surface area (Å²) in [6, 6.07) is 4.08. The van der Waals surface area contributed by atoms with Gasteiger partial charge < -0.3 is 14.8 Å². The molecular weight excluding hydrogens is 318 g/mol. The lowest BCUT2D eigenvalue weighted by molar-refractivity contribution is 0.308. The van der Waals surface area contributed by atoms with Crippen LogP contribution < -0.4 is 14.8 Å². The highest BCUT2D eigenvalue weighted by Gasteiger charge is 2.10. The minimum Gasteiger partial charge on any atom is -0.493 e. The SMILES string of the molecule is CCCNCc1cc(Br)c(OCC)c(OC)c1.Cl. The topological polar surface area (TPSA) is 30.5 Å². The van der Waals surface area contributed by atoms with Gasteiger partial charge in [-0.3, -0.25) is 0 Å². The van der Waals surface area contributed by atoms with Gasteiger partial charge in [0.15, 0.2) is 11.5 Å². The van der Waals surface area contributed by atoms with Crippen molar-refractivity contribution in [3.8, 4) is 11.5 Å². The number of methoxy groups -OCH3 is 1. The van der Waals surface area contributed by atoms with Gasteiger partial charge in [-0.2, -0.15) is 0 Å². The van der Waals surface area contributed by atoms with Gasteiger partial charge in [0.25, 0.3) is 0 Å². The van der Waals surface area contributed by atoms with Crippen LogP contribution in [0.1, 0.15) is 25.8 Å². The highest BCUT2D eigenvalue weighted by molar-refractivity contribution is 9.10. The molecule has 0 spiro atoms. The minimum atomic E-state index is 0. The number of halogens is 2. The van der Waals surface area contributed by atoms with Crippen molar-refractivity contribution in [1.29, 1.82) is 0 Å². The largest absolute Gasteiger partial charge is 0.493 e. The summed E-state index contributed by atoms with van der Waals surface area (Å²) in [6.07, 6.45) is 1.13. The second-order valence-electron chi connectivity index (χ2n) is 3.72. The van der Waals surface area contributed by atoms with E-state index in [1.54, 1.807) is 7.11 Å². The maximum Gasteiger partial charge on any atom is 0.175 e. The first-order chi connectivity index (χ1) is 8.22. The number of rotatable bonds is 7. The van der Waals surface area contributed by atoms with Crippen LogP contribution in [0.25, 0.3) is 0 Å². The summed E-state index contributed by atoms with van der Waals surface area (Å²) in [4.78, 5) is 0. The van der Waals surface area contributed by atoms with E-state index in [2.05, 4.69) is 34.2 Å². The Bertz CT molecular complexity index is 361. The molecule has 0 atom stereocenters. The number of hydrogen-bond acceptors (Lipinski definition) is 3. The standard InChI is InChI=1S/C13H20BrNO2.ClH/c1-4-6-15-9-10-7-11(14)13(17-5-2)12(8-10)16-3;/h7-8,15H,4-6,9H2,1-3H3;1H. The third kappa shape index (κ3) is 5.04. The number of nitrogens with one attached hydrogen (secondary N) is 1. The highest BCUT2D eigenvalue weighted by atomic mass is 79.9. The summed E-state index contributed by atoms with van der Waals surface area (Å²) in [5.74, 6) is 1.55. The van der Waals surface area contributed by atoms with Crippen molar-refractivity contribution in [1.82, 2.24) is 5.32 Å². The highest BCUT2D eigenvalue weighted by Crippen LogP contribution is 2.36. The second-order valence-corrected chi connectivity index (χ2v) is 4.57. The summed E-state index contributed by atoms with van der Waals surface area (Å²) in [7, 11) is 1.66. The smallest absolute Gasteiger partial charge is 0.175 e. The zero-order valence-corrected chi connectivity index (χ0v) is 13.5. The summed E-state index contributed by atoms with van der Waals surface area (Å²) in [5, 5.41) is 3.36. The van der Waals surface area contributed by atoms with Gasteiger partial charge in [-0.15, -0.1) is 12.4 Å². The summed E-state index contributed by atoms with van der Waals surface area (Å²) >= 11 is 3.52. The molecule has 5 heteroatoms. The Morgan fingerprint density at radius 3 is 2.56 bits per heavy atom. The Hall–Kier alpha value is -0.450. The monoisotopic (exact) mass is 337 g/mol. The van der Waals surface area contributed by atoms with E-state index in [0.717, 1.165) is 35.5 Å². The third-order valence-corrected chi connectivity index (χ3v) is 2.92. The molecule has 1 rings (SSSR count). The van der Waals surface area contributed by atoms with Gasteiger partial charge in [-0.25, -0.2) is 0 Å². The van der Waals surface area contributed by atoms with Crippen molar-refractivity contribution in [2.24, 2.45) is 0 Å². The average Bonchev–Trinajstić information content (AvgIpc) is 2.32. The molecule has 0 aliphatic carbocycles. The zero-order valence-electron chi connectivity index (χ0n) is 11.1. The molecule has 1 N–H and O–H groups in total. The van der Waals surface area contributed by atoms with Crippen LogP contribution >= 0.6 is 28.3 Å². The average molecular weight is 339 g/mol. The van der Waals surface area contributed by atoms with Gasteiger partial charge >= 0.3 is 0 Å². The lowest BCUT2D eigenvalue weighted by Gasteiger charge is -2.13. The molecule has 0 radical (unpaired) electrons. The zero-order chi connectivity index (χ0) is 12.7. The first-order valence-electron chi connectivity index (χ1n) is 5.92. The molecule has 3 nitrogen and oxygen atoms in total. The molecule has 1 aromatic carbocycles. The fourth-order valence-electron chi connectivity index (χ4n) is 1.57. The Kier molecular flexibility index (Phi) is 9.24. The Labute approximate surface area is 124 Å². The molecule has 0 unspecified atom stereocenters. The van der Waals surface area contributed by atoms with E-state index in [0.29, 0.717) is 6.61 Å². The van der Waals surface area contributed by atoms with Gasteiger partial charge in [-0.05, 0) is 53.5 Å². The minimum absolute atomic E-state index is 0. The molecule has 0 aromatic heterocycles. The Morgan fingerprint density at radius 1 is 1.28 bits per heavy atom. The van der Waals surface area contributed by atoms with Crippen molar-refractivity contribution in [2.45, 2.75) is 26.8 Å². The summed E-state index contributed by atoms with van der Waals surface area (Å²) in [6.45, 7) is 6.61. The van der Waals surface area contributed by atoms with Crippen molar-refractivity contribution in [3.05, 3.63) is 22.2 Å². The van der Waals surface area contributed by atoms with Crippen LogP contribution in [-0.2, 0) is 6.54 Å². The van der Waals surface area contributed by atoms with Crippen LogP contribution in [-0.4, -0.2) is 20.3 Å². The van der Waals surface area contributed by atoms with E-state index < -0.39 is 0 Å². The Morgan fingerprint density at radius 2 is 2.00 bits per heavy atom. The predicted octanol–water partition coefficient (Wildman–Crippen LogP) is 3.78. The van der Waals surface area contributed by atoms with Crippen molar-refractivity contribution in [2.75, 3.05) is 20.3 Å². The number of ether oxygens (including phenoxy) is 2. The van der Waals surface area contributed by atoms with E-state index in [9.17, 15) is 0 Å². The van der Waals surface area contributed by atoms with Gasteiger partial charge in [-0.1, -0.05) is 6.92 Å². The maximum atomic E-state index is 5.55. The fraction of sp³-hybridized carbons (Fsp3) is 0.538. The van der Waals surface area contributed by atoms with Gasteiger partial charge in [0, 0.05) is 6.54 Å². The first kappa shape index (κ1) is 17.6. The van der Waals surface area contributed by atoms with E-state index in [-0.39, 0.29) is 12.4 Å². The fourth-order valence-corrected chi connectivity index (χ4v) is 2.17. The molecule has 0 aliphatic heterocycles. The van der Waals surface area contributed by atoms with E-state index in [1.165, 1.54) is 5.56 Å². The second kappa shape index (κ2) is 9.48. The van der Waals surface area contributed by atoms with Gasteiger partial charge in [0.1, 0.15) is 0 Å². The van der Waals surface area contributed by atoms with Crippen LogP contribution in [0.2, 0.25) is 0 Å². The molecule has 0 saturated carbocycles. The molecule has 1 aromatic rings. The maximum absolute atomic E-state index is 5.55. The van der Waals surface area contributed by atoms with Gasteiger partial charge in [0.05, 0.1) is 18.2 Å². The van der Waals surface area contributed by atoms with Crippen LogP contribution in [0.15, 0.2) is 16.6 Å². The quantitative estimate of drug-likeness (QED) is 0.768. The third-order valence-electron chi connectivity index (χ3n) is 2.33. The molecule has 18 heavy (non-hydrogen) atoms. The molecule has 0 aliphatic rings. The van der Waals surface area contributed by atoms with Crippen LogP contribution in [0.3, 0.4) is 0 Å². The molecule has 0 amide bonds. The van der Waals surface area contributed by atoms with Crippen LogP contribution in [0.4, 0.5) is 0 Å². The molecule has 0 heterocycles. The predicted molar refractivity (Wildman–Crippen MR) is 81.1 cm³/mol. The van der Waals surface area contributed by atoms with Crippen molar-refractivity contribution < 1.29 is 9.47 Å². The number of benzene rings is 1. The number of hydrogen-bond donors (Lipinski definition) is 1. The van der Waals surface area contributed by atoms with Gasteiger partial charge in [0.2, 0.25) is 0 Å². The van der Waals surface area contributed by atoms with Crippen molar-refractivity contribution in [3.63, 3.8) is 0 Å². The molecule has 0 saturated heterocycles. The summed E-state index contributed by atoms with van der Waals surface area (Å²) in [5.41, 5.74) is 1.19. The lowest BCUT2D eigenvalue weighted by Crippen LogP contribution is -2.14. The van der Waals surface area contributed by atoms with E-state index in [1.807, 2.05) is 13.0 Å². The first-order valence-corrected chi connectivity index (χ1v) is 6.72. The Balaban J connectivity index is 0.00000289. The normalized spacial score (nSPS) is 9.78. The van der Waals surface area contributed by atoms with Crippen LogP contribution in [0.5, 0.6) is 11.5 Å². The lowest BCUT2D eigenvalue weighted by atomic mass is 10.2. The molecular formula is C13H21BrClNO2. The van der Waals surface area contributed by atoms with Crippen molar-refractivity contribution >= 4 is 28.3 Å². The molecule has 104 valence electrons. The summed E-state index contributed by atoms with van der Waals surface area (Å²) < 4.78 is 11.8. The van der Waals surface area contributed by atoms with E-state index in [4.69, 9.17) is 9.47 Å². The molecule has 0 fully saturated rings.